The fraction of sp³-hybridized carbons (Fsp3) is 0.875. The van der Waals surface area contributed by atoms with Gasteiger partial charge in [-0.25, -0.2) is 0 Å². The largest absolute Gasteiger partial charge is 0.466 e. The average molecular weight is 155 g/mol. The van der Waals surface area contributed by atoms with Crippen LogP contribution in [0.2, 0.25) is 0 Å². The van der Waals surface area contributed by atoms with E-state index >= 15 is 0 Å². The third-order valence-corrected chi connectivity index (χ3v) is 2.65. The number of fused-ring (bicyclic) bond motifs is 1. The highest BCUT2D eigenvalue weighted by molar-refractivity contribution is 5.76. The highest BCUT2D eigenvalue weighted by atomic mass is 16.5. The minimum absolute atomic E-state index is 0.0176. The van der Waals surface area contributed by atoms with E-state index < -0.39 is 0 Å². The molecular formula is C8H13NO2. The highest BCUT2D eigenvalue weighted by Gasteiger charge is 2.57. The van der Waals surface area contributed by atoms with Crippen LogP contribution in [0.25, 0.3) is 0 Å². The number of ether oxygens (including phenoxy) is 1. The second-order valence-corrected chi connectivity index (χ2v) is 3.26. The second-order valence-electron chi connectivity index (χ2n) is 3.26. The van der Waals surface area contributed by atoms with Crippen molar-refractivity contribution in [3.8, 4) is 0 Å². The van der Waals surface area contributed by atoms with Gasteiger partial charge in [-0.1, -0.05) is 0 Å². The van der Waals surface area contributed by atoms with Gasteiger partial charge in [0.05, 0.1) is 12.5 Å². The maximum atomic E-state index is 11.2. The topological polar surface area (TPSA) is 38.3 Å². The summed E-state index contributed by atoms with van der Waals surface area (Å²) in [7, 11) is 0. The standard InChI is InChI=1S/C8H13NO2/c1-2-11-8(10)7-5-3-9-4-6(5)7/h5-7,9H,2-4H2,1H3/t5-,6?,7?/m1/s1. The Kier molecular flexibility index (Phi) is 1.60. The Morgan fingerprint density at radius 1 is 1.55 bits per heavy atom. The Morgan fingerprint density at radius 2 is 2.18 bits per heavy atom. The first-order chi connectivity index (χ1) is 5.34. The number of nitrogens with one attached hydrogen (secondary N) is 1. The molecule has 1 saturated carbocycles. The van der Waals surface area contributed by atoms with Gasteiger partial charge in [0.2, 0.25) is 0 Å². The van der Waals surface area contributed by atoms with Crippen LogP contribution in [0.5, 0.6) is 0 Å². The lowest BCUT2D eigenvalue weighted by Gasteiger charge is -2.03. The molecular weight excluding hydrogens is 142 g/mol. The molecule has 0 spiro atoms. The molecule has 2 unspecified atom stereocenters. The first-order valence-corrected chi connectivity index (χ1v) is 4.22. The average Bonchev–Trinajstić information content (AvgIpc) is 2.47. The van der Waals surface area contributed by atoms with Gasteiger partial charge < -0.3 is 10.1 Å². The van der Waals surface area contributed by atoms with Crippen molar-refractivity contribution >= 4 is 5.97 Å². The van der Waals surface area contributed by atoms with Crippen LogP contribution in [0.1, 0.15) is 6.92 Å². The van der Waals surface area contributed by atoms with Crippen LogP contribution in [0.15, 0.2) is 0 Å². The molecule has 2 rings (SSSR count). The smallest absolute Gasteiger partial charge is 0.309 e. The highest BCUT2D eigenvalue weighted by Crippen LogP contribution is 2.49. The second kappa shape index (κ2) is 2.48. The summed E-state index contributed by atoms with van der Waals surface area (Å²) in [6.07, 6.45) is 0. The third-order valence-electron chi connectivity index (χ3n) is 2.65. The molecule has 11 heavy (non-hydrogen) atoms. The van der Waals surface area contributed by atoms with Crippen LogP contribution in [-0.2, 0) is 9.53 Å². The van der Waals surface area contributed by atoms with E-state index in [4.69, 9.17) is 4.74 Å². The first-order valence-electron chi connectivity index (χ1n) is 4.22. The van der Waals surface area contributed by atoms with Crippen molar-refractivity contribution in [1.29, 1.82) is 0 Å². The van der Waals surface area contributed by atoms with E-state index in [0.29, 0.717) is 18.4 Å². The number of esters is 1. The molecule has 0 radical (unpaired) electrons. The van der Waals surface area contributed by atoms with Gasteiger partial charge in [0.15, 0.2) is 0 Å². The van der Waals surface area contributed by atoms with E-state index in [9.17, 15) is 4.79 Å². The van der Waals surface area contributed by atoms with Crippen LogP contribution >= 0.6 is 0 Å². The van der Waals surface area contributed by atoms with Crippen LogP contribution in [0, 0.1) is 17.8 Å². The number of carbonyl (C=O) groups excluding carboxylic acids is 1. The van der Waals surface area contributed by atoms with Crippen molar-refractivity contribution in [2.24, 2.45) is 17.8 Å². The van der Waals surface area contributed by atoms with Gasteiger partial charge in [0, 0.05) is 0 Å². The molecule has 1 aliphatic carbocycles. The van der Waals surface area contributed by atoms with Crippen molar-refractivity contribution in [2.75, 3.05) is 19.7 Å². The van der Waals surface area contributed by atoms with E-state index in [2.05, 4.69) is 5.32 Å². The Morgan fingerprint density at radius 3 is 2.73 bits per heavy atom. The maximum Gasteiger partial charge on any atom is 0.309 e. The van der Waals surface area contributed by atoms with Gasteiger partial charge in [-0.3, -0.25) is 4.79 Å². The van der Waals surface area contributed by atoms with Crippen molar-refractivity contribution < 1.29 is 9.53 Å². The molecule has 0 aromatic rings. The number of hydrogen-bond acceptors (Lipinski definition) is 3. The number of hydrogen-bond donors (Lipinski definition) is 1. The summed E-state index contributed by atoms with van der Waals surface area (Å²) in [6.45, 7) is 4.39. The molecule has 3 nitrogen and oxygen atoms in total. The van der Waals surface area contributed by atoms with E-state index in [1.807, 2.05) is 6.92 Å². The number of piperidine rings is 1. The molecule has 0 aromatic heterocycles. The fourth-order valence-electron chi connectivity index (χ4n) is 2.01. The predicted molar refractivity (Wildman–Crippen MR) is 40.0 cm³/mol. The van der Waals surface area contributed by atoms with E-state index in [0.717, 1.165) is 13.1 Å². The predicted octanol–water partition coefficient (Wildman–Crippen LogP) is 0.0149. The van der Waals surface area contributed by atoms with Crippen LogP contribution in [-0.4, -0.2) is 25.7 Å². The van der Waals surface area contributed by atoms with Crippen LogP contribution in [0.3, 0.4) is 0 Å². The SMILES string of the molecule is CCOC(=O)C1C2CNC[C@H]21. The lowest BCUT2D eigenvalue weighted by atomic mass is 10.3. The monoisotopic (exact) mass is 155 g/mol. The summed E-state index contributed by atoms with van der Waals surface area (Å²) in [5.41, 5.74) is 0. The summed E-state index contributed by atoms with van der Waals surface area (Å²) < 4.78 is 4.94. The van der Waals surface area contributed by atoms with Crippen LogP contribution < -0.4 is 5.32 Å². The molecule has 1 N–H and O–H groups in total. The van der Waals surface area contributed by atoms with Gasteiger partial charge in [-0.15, -0.1) is 0 Å². The Balaban J connectivity index is 1.85. The summed E-state index contributed by atoms with van der Waals surface area (Å²) in [5.74, 6) is 1.43. The molecule has 1 heterocycles. The van der Waals surface area contributed by atoms with Crippen molar-refractivity contribution in [1.82, 2.24) is 5.32 Å². The molecule has 2 aliphatic rings. The van der Waals surface area contributed by atoms with E-state index in [-0.39, 0.29) is 11.9 Å². The zero-order valence-corrected chi connectivity index (χ0v) is 6.67. The summed E-state index contributed by atoms with van der Waals surface area (Å²) in [6, 6.07) is 0. The Bertz CT molecular complexity index is 171. The third kappa shape index (κ3) is 1.03. The summed E-state index contributed by atoms with van der Waals surface area (Å²) >= 11 is 0. The Hall–Kier alpha value is -0.570. The van der Waals surface area contributed by atoms with Gasteiger partial charge in [0.1, 0.15) is 0 Å². The minimum atomic E-state index is 0.0176. The molecule has 1 aliphatic heterocycles. The Labute approximate surface area is 66.1 Å². The molecule has 62 valence electrons. The van der Waals surface area contributed by atoms with Crippen molar-refractivity contribution in [3.63, 3.8) is 0 Å². The van der Waals surface area contributed by atoms with Gasteiger partial charge >= 0.3 is 5.97 Å². The minimum Gasteiger partial charge on any atom is -0.466 e. The van der Waals surface area contributed by atoms with Gasteiger partial charge in [-0.05, 0) is 31.8 Å². The van der Waals surface area contributed by atoms with Gasteiger partial charge in [0.25, 0.3) is 0 Å². The first kappa shape index (κ1) is 7.10. The lowest BCUT2D eigenvalue weighted by Crippen LogP contribution is -2.20. The molecule has 1 saturated heterocycles. The quantitative estimate of drug-likeness (QED) is 0.571. The molecule has 3 heteroatoms. The molecule has 0 bridgehead atoms. The molecule has 0 aromatic carbocycles. The zero-order chi connectivity index (χ0) is 7.84. The number of rotatable bonds is 2. The van der Waals surface area contributed by atoms with Gasteiger partial charge in [-0.2, -0.15) is 0 Å². The van der Waals surface area contributed by atoms with Crippen molar-refractivity contribution in [2.45, 2.75) is 6.92 Å². The van der Waals surface area contributed by atoms with Crippen LogP contribution in [0.4, 0.5) is 0 Å². The number of carbonyl (C=O) groups is 1. The summed E-state index contributed by atoms with van der Waals surface area (Å²) in [5, 5.41) is 3.24. The van der Waals surface area contributed by atoms with Crippen molar-refractivity contribution in [3.05, 3.63) is 0 Å². The molecule has 2 fully saturated rings. The maximum absolute atomic E-state index is 11.2. The lowest BCUT2D eigenvalue weighted by molar-refractivity contribution is -0.145. The normalized spacial score (nSPS) is 39.9. The summed E-state index contributed by atoms with van der Waals surface area (Å²) in [4.78, 5) is 11.2. The molecule has 3 atom stereocenters. The molecule has 0 amide bonds. The zero-order valence-electron chi connectivity index (χ0n) is 6.67. The van der Waals surface area contributed by atoms with E-state index in [1.165, 1.54) is 0 Å². The fourth-order valence-corrected chi connectivity index (χ4v) is 2.01. The van der Waals surface area contributed by atoms with E-state index in [1.54, 1.807) is 0 Å².